The predicted octanol–water partition coefficient (Wildman–Crippen LogP) is 4.35. The lowest BCUT2D eigenvalue weighted by Crippen LogP contribution is -2.41. The Bertz CT molecular complexity index is 1300. The summed E-state index contributed by atoms with van der Waals surface area (Å²) in [5.41, 5.74) is 2.80. The third-order valence-electron chi connectivity index (χ3n) is 5.86. The molecule has 1 aliphatic rings. The molecule has 8 nitrogen and oxygen atoms in total. The van der Waals surface area contributed by atoms with Crippen LogP contribution < -0.4 is 5.32 Å². The highest BCUT2D eigenvalue weighted by Gasteiger charge is 2.33. The van der Waals surface area contributed by atoms with E-state index < -0.39 is 10.0 Å². The molecule has 1 aliphatic heterocycles. The van der Waals surface area contributed by atoms with Crippen LogP contribution in [0.15, 0.2) is 45.8 Å². The van der Waals surface area contributed by atoms with E-state index in [0.717, 1.165) is 5.56 Å². The SMILES string of the molecule is Cc1nc(-c2ccc(C)c(S(=O)(=O)N3CCC(C(=O)Nc4ccc(Cl)cc4C)CC3)c2)no1. The van der Waals surface area contributed by atoms with Gasteiger partial charge in [-0.3, -0.25) is 4.79 Å². The van der Waals surface area contributed by atoms with E-state index in [1.807, 2.05) is 6.92 Å². The zero-order valence-electron chi connectivity index (χ0n) is 18.6. The second-order valence-corrected chi connectivity index (χ2v) is 10.6. The van der Waals surface area contributed by atoms with Crippen LogP contribution in [0.25, 0.3) is 11.4 Å². The Labute approximate surface area is 198 Å². The van der Waals surface area contributed by atoms with E-state index >= 15 is 0 Å². The van der Waals surface area contributed by atoms with E-state index in [-0.39, 0.29) is 29.8 Å². The maximum atomic E-state index is 13.4. The Morgan fingerprint density at radius 2 is 1.82 bits per heavy atom. The maximum absolute atomic E-state index is 13.4. The van der Waals surface area contributed by atoms with Crippen LogP contribution in [0.2, 0.25) is 5.02 Å². The molecular weight excluding hydrogens is 464 g/mol. The largest absolute Gasteiger partial charge is 0.339 e. The van der Waals surface area contributed by atoms with Gasteiger partial charge in [0.2, 0.25) is 27.6 Å². The van der Waals surface area contributed by atoms with Gasteiger partial charge < -0.3 is 9.84 Å². The predicted molar refractivity (Wildman–Crippen MR) is 126 cm³/mol. The lowest BCUT2D eigenvalue weighted by atomic mass is 9.97. The van der Waals surface area contributed by atoms with Crippen molar-refractivity contribution in [3.05, 3.63) is 58.4 Å². The van der Waals surface area contributed by atoms with Crippen molar-refractivity contribution in [1.82, 2.24) is 14.4 Å². The van der Waals surface area contributed by atoms with Crippen LogP contribution in [-0.2, 0) is 14.8 Å². The van der Waals surface area contributed by atoms with Gasteiger partial charge in [-0.2, -0.15) is 9.29 Å². The zero-order valence-corrected chi connectivity index (χ0v) is 20.2. The molecule has 0 radical (unpaired) electrons. The van der Waals surface area contributed by atoms with Crippen molar-refractivity contribution in [2.75, 3.05) is 18.4 Å². The second-order valence-electron chi connectivity index (χ2n) is 8.24. The number of carbonyl (C=O) groups is 1. The van der Waals surface area contributed by atoms with E-state index in [1.54, 1.807) is 50.2 Å². The van der Waals surface area contributed by atoms with E-state index in [1.165, 1.54) is 4.31 Å². The van der Waals surface area contributed by atoms with Gasteiger partial charge >= 0.3 is 0 Å². The molecule has 174 valence electrons. The molecule has 0 spiro atoms. The van der Waals surface area contributed by atoms with Gasteiger partial charge in [-0.1, -0.05) is 28.9 Å². The van der Waals surface area contributed by atoms with Crippen molar-refractivity contribution in [1.29, 1.82) is 0 Å². The molecule has 0 atom stereocenters. The molecule has 1 N–H and O–H groups in total. The Morgan fingerprint density at radius 1 is 1.09 bits per heavy atom. The van der Waals surface area contributed by atoms with Crippen LogP contribution in [0.5, 0.6) is 0 Å². The zero-order chi connectivity index (χ0) is 23.8. The van der Waals surface area contributed by atoms with Crippen molar-refractivity contribution in [3.63, 3.8) is 0 Å². The quantitative estimate of drug-likeness (QED) is 0.572. The van der Waals surface area contributed by atoms with Crippen molar-refractivity contribution < 1.29 is 17.7 Å². The summed E-state index contributed by atoms with van der Waals surface area (Å²) in [7, 11) is -3.74. The van der Waals surface area contributed by atoms with E-state index in [2.05, 4.69) is 15.5 Å². The van der Waals surface area contributed by atoms with Gasteiger partial charge in [0.05, 0.1) is 4.90 Å². The number of benzene rings is 2. The average Bonchev–Trinajstić information content (AvgIpc) is 3.22. The molecule has 0 bridgehead atoms. The Balaban J connectivity index is 1.46. The molecule has 0 unspecified atom stereocenters. The number of hydrogen-bond acceptors (Lipinski definition) is 6. The monoisotopic (exact) mass is 488 g/mol. The minimum atomic E-state index is -3.74. The summed E-state index contributed by atoms with van der Waals surface area (Å²) in [4.78, 5) is 17.1. The summed E-state index contributed by atoms with van der Waals surface area (Å²) < 4.78 is 33.2. The lowest BCUT2D eigenvalue weighted by Gasteiger charge is -2.31. The van der Waals surface area contributed by atoms with Gasteiger partial charge in [-0.05, 0) is 62.1 Å². The molecule has 0 saturated carbocycles. The molecule has 33 heavy (non-hydrogen) atoms. The normalized spacial score (nSPS) is 15.5. The van der Waals surface area contributed by atoms with Gasteiger partial charge in [0.25, 0.3) is 0 Å². The van der Waals surface area contributed by atoms with Crippen LogP contribution in [-0.4, -0.2) is 41.9 Å². The van der Waals surface area contributed by atoms with Crippen LogP contribution in [0.3, 0.4) is 0 Å². The summed E-state index contributed by atoms with van der Waals surface area (Å²) in [6.07, 6.45) is 0.890. The molecule has 1 aromatic heterocycles. The van der Waals surface area contributed by atoms with Crippen molar-refractivity contribution in [2.45, 2.75) is 38.5 Å². The fraction of sp³-hybridized carbons (Fsp3) is 0.348. The minimum Gasteiger partial charge on any atom is -0.339 e. The van der Waals surface area contributed by atoms with Gasteiger partial charge in [0.1, 0.15) is 0 Å². The summed E-state index contributed by atoms with van der Waals surface area (Å²) in [5.74, 6) is 0.380. The Kier molecular flexibility index (Phi) is 6.56. The third kappa shape index (κ3) is 4.95. The van der Waals surface area contributed by atoms with Crippen molar-refractivity contribution in [2.24, 2.45) is 5.92 Å². The number of piperidine rings is 1. The van der Waals surface area contributed by atoms with Gasteiger partial charge in [-0.25, -0.2) is 8.42 Å². The van der Waals surface area contributed by atoms with Crippen molar-refractivity contribution >= 4 is 33.2 Å². The average molecular weight is 489 g/mol. The fourth-order valence-corrected chi connectivity index (χ4v) is 5.88. The van der Waals surface area contributed by atoms with E-state index in [0.29, 0.717) is 46.4 Å². The standard InChI is InChI=1S/C23H25ClN4O4S/c1-14-4-5-18(22-25-16(3)32-27-22)13-21(14)33(30,31)28-10-8-17(9-11-28)23(29)26-20-7-6-19(24)12-15(20)2/h4-7,12-13,17H,8-11H2,1-3H3,(H,26,29). The molecular formula is C23H25ClN4O4S. The van der Waals surface area contributed by atoms with E-state index in [4.69, 9.17) is 16.1 Å². The first-order valence-electron chi connectivity index (χ1n) is 10.6. The molecule has 1 amide bonds. The first-order chi connectivity index (χ1) is 15.6. The smallest absolute Gasteiger partial charge is 0.243 e. The fourth-order valence-electron chi connectivity index (χ4n) is 3.93. The Morgan fingerprint density at radius 3 is 2.45 bits per heavy atom. The van der Waals surface area contributed by atoms with Crippen LogP contribution in [0.1, 0.15) is 29.9 Å². The molecule has 0 aliphatic carbocycles. The lowest BCUT2D eigenvalue weighted by molar-refractivity contribution is -0.120. The number of nitrogens with zero attached hydrogens (tertiary/aromatic N) is 3. The molecule has 1 saturated heterocycles. The first-order valence-corrected chi connectivity index (χ1v) is 12.5. The highest BCUT2D eigenvalue weighted by Crippen LogP contribution is 2.29. The highest BCUT2D eigenvalue weighted by molar-refractivity contribution is 7.89. The minimum absolute atomic E-state index is 0.108. The second kappa shape index (κ2) is 9.24. The maximum Gasteiger partial charge on any atom is 0.243 e. The topological polar surface area (TPSA) is 105 Å². The number of nitrogens with one attached hydrogen (secondary N) is 1. The van der Waals surface area contributed by atoms with Gasteiger partial charge in [-0.15, -0.1) is 0 Å². The first kappa shape index (κ1) is 23.4. The molecule has 4 rings (SSSR count). The summed E-state index contributed by atoms with van der Waals surface area (Å²) in [6.45, 7) is 5.85. The Hall–Kier alpha value is -2.75. The van der Waals surface area contributed by atoms with Gasteiger partial charge in [0, 0.05) is 42.2 Å². The molecule has 10 heteroatoms. The number of carbonyl (C=O) groups excluding carboxylic acids is 1. The number of hydrogen-bond donors (Lipinski definition) is 1. The number of sulfonamides is 1. The summed E-state index contributed by atoms with van der Waals surface area (Å²) in [5, 5.41) is 7.43. The summed E-state index contributed by atoms with van der Waals surface area (Å²) in [6, 6.07) is 10.4. The number of amides is 1. The molecule has 2 aromatic carbocycles. The van der Waals surface area contributed by atoms with Crippen LogP contribution in [0, 0.1) is 26.7 Å². The van der Waals surface area contributed by atoms with Crippen LogP contribution in [0.4, 0.5) is 5.69 Å². The number of rotatable bonds is 5. The van der Waals surface area contributed by atoms with E-state index in [9.17, 15) is 13.2 Å². The number of aromatic nitrogens is 2. The number of halogens is 1. The van der Waals surface area contributed by atoms with Crippen molar-refractivity contribution in [3.8, 4) is 11.4 Å². The summed E-state index contributed by atoms with van der Waals surface area (Å²) >= 11 is 5.98. The molecule has 1 fully saturated rings. The third-order valence-corrected chi connectivity index (χ3v) is 8.14. The van der Waals surface area contributed by atoms with Crippen LogP contribution >= 0.6 is 11.6 Å². The number of aryl methyl sites for hydroxylation is 3. The van der Waals surface area contributed by atoms with Gasteiger partial charge in [0.15, 0.2) is 0 Å². The highest BCUT2D eigenvalue weighted by atomic mass is 35.5. The molecule has 3 aromatic rings. The number of anilines is 1. The molecule has 2 heterocycles.